The summed E-state index contributed by atoms with van der Waals surface area (Å²) in [5, 5.41) is 8.78. The Labute approximate surface area is 290 Å². The summed E-state index contributed by atoms with van der Waals surface area (Å²) in [6.07, 6.45) is 54.8. The van der Waals surface area contributed by atoms with Gasteiger partial charge in [-0.25, -0.2) is 0 Å². The fourth-order valence-electron chi connectivity index (χ4n) is 6.34. The van der Waals surface area contributed by atoms with E-state index in [-0.39, 0.29) is 6.10 Å². The highest BCUT2D eigenvalue weighted by Crippen LogP contribution is 2.19. The van der Waals surface area contributed by atoms with Gasteiger partial charge in [-0.15, -0.1) is 0 Å². The van der Waals surface area contributed by atoms with Crippen molar-refractivity contribution in [1.29, 1.82) is 0 Å². The maximum Gasteiger partial charge on any atom is 0.0512 e. The van der Waals surface area contributed by atoms with Gasteiger partial charge in [-0.05, 0) is 38.5 Å². The van der Waals surface area contributed by atoms with E-state index < -0.39 is 0 Å². The fourth-order valence-corrected chi connectivity index (χ4v) is 7.46. The molecule has 273 valence electrons. The molecule has 0 aromatic rings. The lowest BCUT2D eigenvalue weighted by Gasteiger charge is -2.04. The smallest absolute Gasteiger partial charge is 0.0512 e. The SMILES string of the molecule is CCCCCC(C)O.CCCCCCCCCCCCCCCCCC[P]CCCCCCCCCCCCCCCCCC. The van der Waals surface area contributed by atoms with Crippen molar-refractivity contribution in [3.8, 4) is 0 Å². The van der Waals surface area contributed by atoms with E-state index in [1.807, 2.05) is 6.92 Å². The topological polar surface area (TPSA) is 20.2 Å². The van der Waals surface area contributed by atoms with Crippen molar-refractivity contribution >= 4 is 8.58 Å². The van der Waals surface area contributed by atoms with Crippen molar-refractivity contribution in [2.75, 3.05) is 12.3 Å². The minimum Gasteiger partial charge on any atom is -0.393 e. The summed E-state index contributed by atoms with van der Waals surface area (Å²) < 4.78 is 0. The van der Waals surface area contributed by atoms with Gasteiger partial charge in [0.25, 0.3) is 0 Å². The zero-order valence-electron chi connectivity index (χ0n) is 32.3. The Balaban J connectivity index is 0. The van der Waals surface area contributed by atoms with Gasteiger partial charge in [-0.3, -0.25) is 0 Å². The fraction of sp³-hybridized carbons (Fsp3) is 1.00. The Bertz CT molecular complexity index is 431. The average Bonchev–Trinajstić information content (AvgIpc) is 3.03. The summed E-state index contributed by atoms with van der Waals surface area (Å²) in [7, 11) is 1.74. The molecule has 0 spiro atoms. The average molecular weight is 654 g/mol. The number of rotatable bonds is 38. The van der Waals surface area contributed by atoms with Crippen molar-refractivity contribution in [2.45, 2.75) is 265 Å². The Morgan fingerprint density at radius 1 is 0.311 bits per heavy atom. The molecule has 1 N–H and O–H groups in total. The molecular weight excluding hydrogens is 563 g/mol. The second-order valence-electron chi connectivity index (χ2n) is 14.6. The minimum atomic E-state index is -0.0958. The third kappa shape index (κ3) is 51.4. The van der Waals surface area contributed by atoms with Gasteiger partial charge in [-0.2, -0.15) is 0 Å². The molecule has 1 radical (unpaired) electrons. The normalized spacial score (nSPS) is 11.9. The van der Waals surface area contributed by atoms with Gasteiger partial charge >= 0.3 is 0 Å². The molecule has 2 heteroatoms. The summed E-state index contributed by atoms with van der Waals surface area (Å²) in [5.74, 6) is 0. The predicted octanol–water partition coefficient (Wildman–Crippen LogP) is 16.4. The zero-order chi connectivity index (χ0) is 33.2. The van der Waals surface area contributed by atoms with Crippen molar-refractivity contribution in [3.63, 3.8) is 0 Å². The molecule has 0 aromatic carbocycles. The summed E-state index contributed by atoms with van der Waals surface area (Å²) in [4.78, 5) is 0. The van der Waals surface area contributed by atoms with Crippen LogP contribution >= 0.6 is 8.58 Å². The lowest BCUT2D eigenvalue weighted by Crippen LogP contribution is -1.97. The summed E-state index contributed by atoms with van der Waals surface area (Å²) >= 11 is 0. The second kappa shape index (κ2) is 46.5. The van der Waals surface area contributed by atoms with Crippen LogP contribution in [0, 0.1) is 0 Å². The first kappa shape index (κ1) is 47.5. The number of hydrogen-bond donors (Lipinski definition) is 1. The van der Waals surface area contributed by atoms with Crippen molar-refractivity contribution in [1.82, 2.24) is 0 Å². The Morgan fingerprint density at radius 2 is 0.511 bits per heavy atom. The molecule has 0 saturated heterocycles. The first-order valence-electron chi connectivity index (χ1n) is 21.5. The molecule has 0 bridgehead atoms. The number of unbranched alkanes of at least 4 members (excludes halogenated alkanes) is 32. The Kier molecular flexibility index (Phi) is 49.1. The van der Waals surface area contributed by atoms with Crippen molar-refractivity contribution in [3.05, 3.63) is 0 Å². The van der Waals surface area contributed by atoms with Crippen LogP contribution < -0.4 is 0 Å². The van der Waals surface area contributed by atoms with Gasteiger partial charge in [0, 0.05) is 0 Å². The Morgan fingerprint density at radius 3 is 0.733 bits per heavy atom. The first-order valence-corrected chi connectivity index (χ1v) is 22.8. The quantitative estimate of drug-likeness (QED) is 0.0519. The van der Waals surface area contributed by atoms with Gasteiger partial charge in [0.2, 0.25) is 0 Å². The molecule has 0 aromatic heterocycles. The van der Waals surface area contributed by atoms with Gasteiger partial charge in [0.05, 0.1) is 6.10 Å². The van der Waals surface area contributed by atoms with Crippen molar-refractivity contribution in [2.24, 2.45) is 0 Å². The molecule has 0 aliphatic carbocycles. The third-order valence-corrected chi connectivity index (χ3v) is 10.8. The number of hydrogen-bond acceptors (Lipinski definition) is 1. The van der Waals surface area contributed by atoms with Crippen LogP contribution in [0.3, 0.4) is 0 Å². The Hall–Kier alpha value is 0.390. The molecular formula is C43H90OP. The molecule has 1 unspecified atom stereocenters. The highest BCUT2D eigenvalue weighted by Gasteiger charge is 1.97. The van der Waals surface area contributed by atoms with Gasteiger partial charge < -0.3 is 5.11 Å². The van der Waals surface area contributed by atoms with Crippen LogP contribution in [-0.2, 0) is 0 Å². The largest absolute Gasteiger partial charge is 0.393 e. The molecule has 0 amide bonds. The summed E-state index contributed by atoms with van der Waals surface area (Å²) in [6, 6.07) is 0. The van der Waals surface area contributed by atoms with Crippen LogP contribution in [0.1, 0.15) is 259 Å². The monoisotopic (exact) mass is 654 g/mol. The summed E-state index contributed by atoms with van der Waals surface area (Å²) in [5.41, 5.74) is 0. The highest BCUT2D eigenvalue weighted by atomic mass is 31.1. The molecule has 0 heterocycles. The molecule has 0 fully saturated rings. The molecule has 1 nitrogen and oxygen atoms in total. The van der Waals surface area contributed by atoms with Crippen LogP contribution in [0.4, 0.5) is 0 Å². The van der Waals surface area contributed by atoms with E-state index in [4.69, 9.17) is 5.11 Å². The van der Waals surface area contributed by atoms with Crippen LogP contribution in [0.5, 0.6) is 0 Å². The molecule has 1 atom stereocenters. The second-order valence-corrected chi connectivity index (χ2v) is 16.0. The number of aliphatic hydroxyl groups is 1. The van der Waals surface area contributed by atoms with Crippen molar-refractivity contribution < 1.29 is 5.11 Å². The lowest BCUT2D eigenvalue weighted by molar-refractivity contribution is 0.180. The maximum atomic E-state index is 8.78. The van der Waals surface area contributed by atoms with E-state index in [0.29, 0.717) is 0 Å². The standard InChI is InChI=1S/C36H74P.C7H16O/c1-3-5-7-9-11-13-15-17-19-21-23-25-27-29-31-33-35-37-36-34-32-30-28-26-24-22-20-18-16-14-12-10-8-6-4-2;1-3-4-5-6-7(2)8/h3-36H2,1-2H3;7-8H,3-6H2,1-2H3. The lowest BCUT2D eigenvalue weighted by atomic mass is 10.0. The van der Waals surface area contributed by atoms with Gasteiger partial charge in [-0.1, -0.05) is 241 Å². The molecule has 0 aliphatic heterocycles. The van der Waals surface area contributed by atoms with E-state index in [1.54, 1.807) is 8.58 Å². The molecule has 0 rings (SSSR count). The molecule has 0 saturated carbocycles. The van der Waals surface area contributed by atoms with Crippen LogP contribution in [0.25, 0.3) is 0 Å². The van der Waals surface area contributed by atoms with Gasteiger partial charge in [0.1, 0.15) is 0 Å². The zero-order valence-corrected chi connectivity index (χ0v) is 33.2. The van der Waals surface area contributed by atoms with Gasteiger partial charge in [0.15, 0.2) is 0 Å². The highest BCUT2D eigenvalue weighted by molar-refractivity contribution is 7.37. The van der Waals surface area contributed by atoms with E-state index in [9.17, 15) is 0 Å². The maximum absolute atomic E-state index is 8.78. The van der Waals surface area contributed by atoms with E-state index >= 15 is 0 Å². The third-order valence-electron chi connectivity index (χ3n) is 9.57. The van der Waals surface area contributed by atoms with E-state index in [1.165, 1.54) is 237 Å². The molecule has 0 aliphatic rings. The van der Waals surface area contributed by atoms with Crippen LogP contribution in [0.2, 0.25) is 0 Å². The molecule has 45 heavy (non-hydrogen) atoms. The number of aliphatic hydroxyl groups excluding tert-OH is 1. The van der Waals surface area contributed by atoms with Crippen LogP contribution in [0.15, 0.2) is 0 Å². The van der Waals surface area contributed by atoms with Crippen LogP contribution in [-0.4, -0.2) is 23.5 Å². The summed E-state index contributed by atoms with van der Waals surface area (Å²) in [6.45, 7) is 8.63. The van der Waals surface area contributed by atoms with E-state index in [0.717, 1.165) is 6.42 Å². The van der Waals surface area contributed by atoms with E-state index in [2.05, 4.69) is 20.8 Å². The first-order chi connectivity index (χ1) is 22.2. The predicted molar refractivity (Wildman–Crippen MR) is 212 cm³/mol. The minimum absolute atomic E-state index is 0.0958.